The number of piperidine rings is 1. The predicted octanol–water partition coefficient (Wildman–Crippen LogP) is 3.44. The van der Waals surface area contributed by atoms with E-state index in [1.807, 2.05) is 42.5 Å². The average Bonchev–Trinajstić information content (AvgIpc) is 3.37. The molecule has 0 radical (unpaired) electrons. The van der Waals surface area contributed by atoms with Crippen LogP contribution in [0.25, 0.3) is 5.57 Å². The minimum Gasteiger partial charge on any atom is -0.497 e. The highest BCUT2D eigenvalue weighted by Gasteiger charge is 2.42. The molecule has 32 heavy (non-hydrogen) atoms. The molecule has 7 heteroatoms. The summed E-state index contributed by atoms with van der Waals surface area (Å²) in [6.45, 7) is 4.09. The van der Waals surface area contributed by atoms with E-state index in [0.29, 0.717) is 34.4 Å². The smallest absolute Gasteiger partial charge is 0.278 e. The number of rotatable bonds is 5. The van der Waals surface area contributed by atoms with E-state index in [2.05, 4.69) is 11.8 Å². The van der Waals surface area contributed by atoms with Crippen molar-refractivity contribution in [2.24, 2.45) is 5.92 Å². The SMILES string of the molecule is COc1ccc(C2=C(N3CCCC(C)C3)C(=O)N(Cc3ccc4c(c3)OCO4)C2=O)cc1. The van der Waals surface area contributed by atoms with E-state index in [-0.39, 0.29) is 25.2 Å². The third-order valence-corrected chi connectivity index (χ3v) is 6.27. The zero-order chi connectivity index (χ0) is 22.2. The average molecular weight is 434 g/mol. The van der Waals surface area contributed by atoms with Gasteiger partial charge in [-0.2, -0.15) is 0 Å². The van der Waals surface area contributed by atoms with E-state index in [1.54, 1.807) is 7.11 Å². The Balaban J connectivity index is 1.50. The fourth-order valence-electron chi connectivity index (χ4n) is 4.63. The van der Waals surface area contributed by atoms with Gasteiger partial charge in [-0.25, -0.2) is 0 Å². The molecule has 0 aliphatic carbocycles. The number of ether oxygens (including phenoxy) is 3. The number of amides is 2. The van der Waals surface area contributed by atoms with Gasteiger partial charge in [-0.1, -0.05) is 25.1 Å². The number of imide groups is 1. The summed E-state index contributed by atoms with van der Waals surface area (Å²) in [7, 11) is 1.60. The van der Waals surface area contributed by atoms with Crippen molar-refractivity contribution >= 4 is 17.4 Å². The molecule has 0 bridgehead atoms. The largest absolute Gasteiger partial charge is 0.497 e. The summed E-state index contributed by atoms with van der Waals surface area (Å²) in [5, 5.41) is 0. The van der Waals surface area contributed by atoms with Crippen molar-refractivity contribution in [2.75, 3.05) is 27.0 Å². The van der Waals surface area contributed by atoms with Gasteiger partial charge in [0.1, 0.15) is 11.4 Å². The topological polar surface area (TPSA) is 68.3 Å². The zero-order valence-corrected chi connectivity index (χ0v) is 18.3. The van der Waals surface area contributed by atoms with Gasteiger partial charge in [-0.05, 0) is 54.2 Å². The molecule has 5 rings (SSSR count). The number of carbonyl (C=O) groups excluding carboxylic acids is 2. The van der Waals surface area contributed by atoms with Crippen molar-refractivity contribution < 1.29 is 23.8 Å². The molecule has 0 spiro atoms. The summed E-state index contributed by atoms with van der Waals surface area (Å²) < 4.78 is 16.1. The molecule has 1 atom stereocenters. The molecule has 2 aromatic rings. The van der Waals surface area contributed by atoms with Crippen molar-refractivity contribution in [3.05, 3.63) is 59.3 Å². The number of hydrogen-bond donors (Lipinski definition) is 0. The minimum absolute atomic E-state index is 0.181. The van der Waals surface area contributed by atoms with Gasteiger partial charge in [0, 0.05) is 13.1 Å². The van der Waals surface area contributed by atoms with Crippen molar-refractivity contribution in [3.63, 3.8) is 0 Å². The van der Waals surface area contributed by atoms with Gasteiger partial charge in [0.05, 0.1) is 19.2 Å². The van der Waals surface area contributed by atoms with Gasteiger partial charge >= 0.3 is 0 Å². The van der Waals surface area contributed by atoms with Crippen LogP contribution in [0.4, 0.5) is 0 Å². The zero-order valence-electron chi connectivity index (χ0n) is 18.3. The summed E-state index contributed by atoms with van der Waals surface area (Å²) in [5.41, 5.74) is 2.52. The normalized spacial score (nSPS) is 20.4. The molecule has 2 amide bonds. The Labute approximate surface area is 187 Å². The molecular weight excluding hydrogens is 408 g/mol. The lowest BCUT2D eigenvalue weighted by Gasteiger charge is -2.33. The lowest BCUT2D eigenvalue weighted by atomic mass is 9.98. The molecule has 7 nitrogen and oxygen atoms in total. The summed E-state index contributed by atoms with van der Waals surface area (Å²) in [5.74, 6) is 1.97. The second kappa shape index (κ2) is 8.22. The van der Waals surface area contributed by atoms with E-state index in [1.165, 1.54) is 4.90 Å². The van der Waals surface area contributed by atoms with Gasteiger partial charge in [-0.15, -0.1) is 0 Å². The van der Waals surface area contributed by atoms with Crippen LogP contribution in [0.15, 0.2) is 48.2 Å². The molecule has 3 aliphatic rings. The van der Waals surface area contributed by atoms with Gasteiger partial charge in [-0.3, -0.25) is 14.5 Å². The fraction of sp³-hybridized carbons (Fsp3) is 0.360. The summed E-state index contributed by atoms with van der Waals surface area (Å²) in [4.78, 5) is 30.6. The monoisotopic (exact) mass is 434 g/mol. The number of fused-ring (bicyclic) bond motifs is 1. The van der Waals surface area contributed by atoms with E-state index >= 15 is 0 Å². The van der Waals surface area contributed by atoms with Crippen molar-refractivity contribution in [3.8, 4) is 17.2 Å². The second-order valence-electron chi connectivity index (χ2n) is 8.53. The Hall–Kier alpha value is -3.48. The van der Waals surface area contributed by atoms with Gasteiger partial charge in [0.25, 0.3) is 11.8 Å². The first kappa shape index (κ1) is 20.4. The van der Waals surface area contributed by atoms with E-state index in [4.69, 9.17) is 14.2 Å². The standard InChI is InChI=1S/C25H26N2O5/c1-16-4-3-11-26(13-16)23-22(18-6-8-19(30-2)9-7-18)24(28)27(25(23)29)14-17-5-10-20-21(12-17)32-15-31-20/h5-10,12,16H,3-4,11,13-15H2,1-2H3. The predicted molar refractivity (Wildman–Crippen MR) is 118 cm³/mol. The maximum absolute atomic E-state index is 13.6. The molecule has 1 unspecified atom stereocenters. The maximum Gasteiger partial charge on any atom is 0.278 e. The van der Waals surface area contributed by atoms with Gasteiger partial charge in [0.2, 0.25) is 6.79 Å². The molecule has 1 fully saturated rings. The summed E-state index contributed by atoms with van der Waals surface area (Å²) in [6.07, 6.45) is 2.13. The van der Waals surface area contributed by atoms with Crippen molar-refractivity contribution in [2.45, 2.75) is 26.3 Å². The molecule has 166 valence electrons. The quantitative estimate of drug-likeness (QED) is 0.672. The van der Waals surface area contributed by atoms with Crippen molar-refractivity contribution in [1.82, 2.24) is 9.80 Å². The molecule has 0 saturated carbocycles. The molecule has 0 N–H and O–H groups in total. The fourth-order valence-corrected chi connectivity index (χ4v) is 4.63. The van der Waals surface area contributed by atoms with Crippen LogP contribution in [0, 0.1) is 5.92 Å². The third kappa shape index (κ3) is 3.57. The molecule has 1 saturated heterocycles. The molecule has 3 aliphatic heterocycles. The second-order valence-corrected chi connectivity index (χ2v) is 8.53. The highest BCUT2D eigenvalue weighted by Crippen LogP contribution is 2.37. The Kier molecular flexibility index (Phi) is 5.25. The van der Waals surface area contributed by atoms with E-state index < -0.39 is 0 Å². The molecule has 0 aromatic heterocycles. The van der Waals surface area contributed by atoms with Crippen LogP contribution >= 0.6 is 0 Å². The van der Waals surface area contributed by atoms with Crippen LogP contribution in [0.5, 0.6) is 17.2 Å². The lowest BCUT2D eigenvalue weighted by molar-refractivity contribution is -0.138. The van der Waals surface area contributed by atoms with Crippen LogP contribution in [0.3, 0.4) is 0 Å². The van der Waals surface area contributed by atoms with Crippen LogP contribution in [-0.2, 0) is 16.1 Å². The number of carbonyl (C=O) groups is 2. The van der Waals surface area contributed by atoms with Crippen LogP contribution < -0.4 is 14.2 Å². The number of benzene rings is 2. The molecular formula is C25H26N2O5. The highest BCUT2D eigenvalue weighted by atomic mass is 16.7. The van der Waals surface area contributed by atoms with Crippen LogP contribution in [0.2, 0.25) is 0 Å². The Bertz CT molecular complexity index is 1090. The first-order chi connectivity index (χ1) is 15.5. The van der Waals surface area contributed by atoms with E-state index in [9.17, 15) is 9.59 Å². The van der Waals surface area contributed by atoms with Gasteiger partial charge in [0.15, 0.2) is 11.5 Å². The number of nitrogens with zero attached hydrogens (tertiary/aromatic N) is 2. The first-order valence-electron chi connectivity index (χ1n) is 10.9. The van der Waals surface area contributed by atoms with Crippen LogP contribution in [0.1, 0.15) is 30.9 Å². The minimum atomic E-state index is -0.272. The van der Waals surface area contributed by atoms with Crippen molar-refractivity contribution in [1.29, 1.82) is 0 Å². The molecule has 2 aromatic carbocycles. The Morgan fingerprint density at radius 1 is 1.03 bits per heavy atom. The Morgan fingerprint density at radius 3 is 2.56 bits per heavy atom. The van der Waals surface area contributed by atoms with Crippen LogP contribution in [-0.4, -0.2) is 48.6 Å². The lowest BCUT2D eigenvalue weighted by Crippen LogP contribution is -2.39. The number of hydrogen-bond acceptors (Lipinski definition) is 6. The van der Waals surface area contributed by atoms with Gasteiger partial charge < -0.3 is 19.1 Å². The summed E-state index contributed by atoms with van der Waals surface area (Å²) >= 11 is 0. The summed E-state index contributed by atoms with van der Waals surface area (Å²) in [6, 6.07) is 12.8. The number of methoxy groups -OCH3 is 1. The highest BCUT2D eigenvalue weighted by molar-refractivity contribution is 6.35. The third-order valence-electron chi connectivity index (χ3n) is 6.27. The van der Waals surface area contributed by atoms with E-state index in [0.717, 1.165) is 37.1 Å². The molecule has 3 heterocycles. The number of likely N-dealkylation sites (tertiary alicyclic amines) is 1. The maximum atomic E-state index is 13.6. The first-order valence-corrected chi connectivity index (χ1v) is 10.9. The Morgan fingerprint density at radius 2 is 1.81 bits per heavy atom.